The van der Waals surface area contributed by atoms with Crippen molar-refractivity contribution >= 4 is 12.1 Å². The molecule has 0 aliphatic heterocycles. The third-order valence-corrected chi connectivity index (χ3v) is 2.65. The summed E-state index contributed by atoms with van der Waals surface area (Å²) in [4.78, 5) is 25.1. The van der Waals surface area contributed by atoms with Crippen LogP contribution in [-0.4, -0.2) is 36.7 Å². The molecular formula is C16H26N4O3. The van der Waals surface area contributed by atoms with E-state index < -0.39 is 17.7 Å². The van der Waals surface area contributed by atoms with Crippen LogP contribution in [0.25, 0.3) is 0 Å². The minimum absolute atomic E-state index is 0.365. The van der Waals surface area contributed by atoms with Gasteiger partial charge >= 0.3 is 12.1 Å². The van der Waals surface area contributed by atoms with Crippen LogP contribution in [0, 0.1) is 0 Å². The second kappa shape index (κ2) is 8.38. The molecule has 0 bridgehead atoms. The summed E-state index contributed by atoms with van der Waals surface area (Å²) in [6, 6.07) is 7.45. The smallest absolute Gasteiger partial charge is 0.426 e. The van der Waals surface area contributed by atoms with E-state index in [4.69, 9.17) is 4.74 Å². The quantitative estimate of drug-likeness (QED) is 0.740. The summed E-state index contributed by atoms with van der Waals surface area (Å²) in [6.45, 7) is 6.46. The topological polar surface area (TPSA) is 82.7 Å². The van der Waals surface area contributed by atoms with Gasteiger partial charge in [0.05, 0.1) is 0 Å². The van der Waals surface area contributed by atoms with Gasteiger partial charge in [-0.05, 0) is 46.0 Å². The molecular weight excluding hydrogens is 296 g/mol. The number of ether oxygens (including phenoxy) is 1. The van der Waals surface area contributed by atoms with Crippen molar-refractivity contribution in [2.45, 2.75) is 39.5 Å². The zero-order chi connectivity index (χ0) is 17.5. The number of carbonyl (C=O) groups excluding carboxylic acids is 2. The lowest BCUT2D eigenvalue weighted by atomic mass is 10.1. The highest BCUT2D eigenvalue weighted by Gasteiger charge is 2.16. The highest BCUT2D eigenvalue weighted by molar-refractivity contribution is 5.77. The minimum Gasteiger partial charge on any atom is -0.443 e. The van der Waals surface area contributed by atoms with Crippen molar-refractivity contribution < 1.29 is 14.3 Å². The summed E-state index contributed by atoms with van der Waals surface area (Å²) in [5, 5.41) is 2.65. The molecule has 0 atom stereocenters. The van der Waals surface area contributed by atoms with Gasteiger partial charge in [-0.2, -0.15) is 0 Å². The molecule has 0 radical (unpaired) electrons. The van der Waals surface area contributed by atoms with Crippen molar-refractivity contribution in [2.24, 2.45) is 0 Å². The molecule has 3 amide bonds. The molecule has 0 heterocycles. The van der Waals surface area contributed by atoms with E-state index in [0.717, 1.165) is 12.1 Å². The van der Waals surface area contributed by atoms with Crippen LogP contribution in [0.5, 0.6) is 0 Å². The van der Waals surface area contributed by atoms with Crippen molar-refractivity contribution in [2.75, 3.05) is 14.1 Å². The number of hydrogen-bond acceptors (Lipinski definition) is 4. The molecule has 1 aromatic carbocycles. The summed E-state index contributed by atoms with van der Waals surface area (Å²) in [5.41, 5.74) is 5.97. The Bertz CT molecular complexity index is 521. The summed E-state index contributed by atoms with van der Waals surface area (Å²) >= 11 is 0. The normalized spacial score (nSPS) is 11.0. The highest BCUT2D eigenvalue weighted by Crippen LogP contribution is 2.06. The first-order chi connectivity index (χ1) is 10.7. The van der Waals surface area contributed by atoms with E-state index in [1.165, 1.54) is 5.56 Å². The SMILES string of the molecule is CN(C)Cc1ccc(CNC(=O)NNC(=O)OC(C)(C)C)cc1. The van der Waals surface area contributed by atoms with Crippen LogP contribution in [0.2, 0.25) is 0 Å². The largest absolute Gasteiger partial charge is 0.443 e. The predicted molar refractivity (Wildman–Crippen MR) is 88.6 cm³/mol. The van der Waals surface area contributed by atoms with Crippen molar-refractivity contribution in [1.29, 1.82) is 0 Å². The third kappa shape index (κ3) is 8.67. The highest BCUT2D eigenvalue weighted by atomic mass is 16.6. The maximum Gasteiger partial charge on any atom is 0.426 e. The molecule has 0 saturated carbocycles. The van der Waals surface area contributed by atoms with Crippen molar-refractivity contribution in [3.05, 3.63) is 35.4 Å². The number of carbonyl (C=O) groups is 2. The molecule has 7 heteroatoms. The Kier molecular flexibility index (Phi) is 6.84. The lowest BCUT2D eigenvalue weighted by Gasteiger charge is -2.19. The number of hydrogen-bond donors (Lipinski definition) is 3. The molecule has 0 fully saturated rings. The van der Waals surface area contributed by atoms with Gasteiger partial charge < -0.3 is 15.0 Å². The maximum atomic E-state index is 11.6. The van der Waals surface area contributed by atoms with Gasteiger partial charge in [-0.25, -0.2) is 20.4 Å². The number of benzene rings is 1. The van der Waals surface area contributed by atoms with Crippen LogP contribution >= 0.6 is 0 Å². The monoisotopic (exact) mass is 322 g/mol. The van der Waals surface area contributed by atoms with E-state index in [2.05, 4.69) is 21.1 Å². The number of hydrazine groups is 1. The first-order valence-electron chi connectivity index (χ1n) is 7.41. The molecule has 3 N–H and O–H groups in total. The Morgan fingerprint density at radius 1 is 1.04 bits per heavy atom. The fourth-order valence-electron chi connectivity index (χ4n) is 1.77. The summed E-state index contributed by atoms with van der Waals surface area (Å²) in [5.74, 6) is 0. The summed E-state index contributed by atoms with van der Waals surface area (Å²) in [7, 11) is 4.02. The summed E-state index contributed by atoms with van der Waals surface area (Å²) in [6.07, 6.45) is -0.708. The Hall–Kier alpha value is -2.28. The average Bonchev–Trinajstić information content (AvgIpc) is 2.42. The number of nitrogens with zero attached hydrogens (tertiary/aromatic N) is 1. The van der Waals surface area contributed by atoms with Gasteiger partial charge in [-0.1, -0.05) is 24.3 Å². The molecule has 0 saturated heterocycles. The molecule has 7 nitrogen and oxygen atoms in total. The van der Waals surface area contributed by atoms with E-state index >= 15 is 0 Å². The van der Waals surface area contributed by atoms with E-state index in [1.807, 2.05) is 38.4 Å². The Morgan fingerprint density at radius 3 is 2.13 bits per heavy atom. The Labute approximate surface area is 137 Å². The molecule has 0 aromatic heterocycles. The van der Waals surface area contributed by atoms with E-state index in [1.54, 1.807) is 20.8 Å². The van der Waals surface area contributed by atoms with Gasteiger partial charge in [-0.3, -0.25) is 0 Å². The van der Waals surface area contributed by atoms with Crippen molar-refractivity contribution in [1.82, 2.24) is 21.1 Å². The molecule has 23 heavy (non-hydrogen) atoms. The Balaban J connectivity index is 2.32. The zero-order valence-corrected chi connectivity index (χ0v) is 14.4. The van der Waals surface area contributed by atoms with Crippen molar-refractivity contribution in [3.63, 3.8) is 0 Å². The minimum atomic E-state index is -0.708. The van der Waals surface area contributed by atoms with Crippen LogP contribution in [0.1, 0.15) is 31.9 Å². The molecule has 0 aliphatic rings. The second-order valence-electron chi connectivity index (χ2n) is 6.49. The Morgan fingerprint density at radius 2 is 1.61 bits per heavy atom. The summed E-state index contributed by atoms with van der Waals surface area (Å²) < 4.78 is 5.00. The standard InChI is InChI=1S/C16H26N4O3/c1-16(2,3)23-15(22)19-18-14(21)17-10-12-6-8-13(9-7-12)11-20(4)5/h6-9H,10-11H2,1-5H3,(H,19,22)(H2,17,18,21). The number of nitrogens with one attached hydrogen (secondary N) is 3. The van der Waals surface area contributed by atoms with E-state index in [-0.39, 0.29) is 0 Å². The van der Waals surface area contributed by atoms with Gasteiger partial charge in [0.25, 0.3) is 0 Å². The molecule has 1 aromatic rings. The maximum absolute atomic E-state index is 11.6. The number of amides is 3. The van der Waals surface area contributed by atoms with Crippen LogP contribution in [0.15, 0.2) is 24.3 Å². The van der Waals surface area contributed by atoms with Gasteiger partial charge in [0.2, 0.25) is 0 Å². The van der Waals surface area contributed by atoms with Crippen molar-refractivity contribution in [3.8, 4) is 0 Å². The number of rotatable bonds is 4. The lowest BCUT2D eigenvalue weighted by molar-refractivity contribution is 0.0505. The molecule has 0 spiro atoms. The van der Waals surface area contributed by atoms with Crippen LogP contribution in [-0.2, 0) is 17.8 Å². The van der Waals surface area contributed by atoms with Crippen LogP contribution in [0.3, 0.4) is 0 Å². The fraction of sp³-hybridized carbons (Fsp3) is 0.500. The van der Waals surface area contributed by atoms with Crippen LogP contribution < -0.4 is 16.2 Å². The molecule has 0 unspecified atom stereocenters. The third-order valence-electron chi connectivity index (χ3n) is 2.65. The van der Waals surface area contributed by atoms with Crippen LogP contribution in [0.4, 0.5) is 9.59 Å². The molecule has 0 aliphatic carbocycles. The fourth-order valence-corrected chi connectivity index (χ4v) is 1.77. The van der Waals surface area contributed by atoms with Gasteiger partial charge in [-0.15, -0.1) is 0 Å². The number of urea groups is 1. The second-order valence-corrected chi connectivity index (χ2v) is 6.49. The molecule has 1 rings (SSSR count). The van der Waals surface area contributed by atoms with E-state index in [0.29, 0.717) is 6.54 Å². The van der Waals surface area contributed by atoms with Gasteiger partial charge in [0.15, 0.2) is 0 Å². The lowest BCUT2D eigenvalue weighted by Crippen LogP contribution is -2.48. The first kappa shape index (κ1) is 18.8. The predicted octanol–water partition coefficient (Wildman–Crippen LogP) is 1.99. The molecule has 128 valence electrons. The first-order valence-corrected chi connectivity index (χ1v) is 7.41. The zero-order valence-electron chi connectivity index (χ0n) is 14.4. The van der Waals surface area contributed by atoms with Gasteiger partial charge in [0.1, 0.15) is 5.60 Å². The average molecular weight is 322 g/mol. The van der Waals surface area contributed by atoms with Gasteiger partial charge in [0, 0.05) is 13.1 Å². The van der Waals surface area contributed by atoms with E-state index in [9.17, 15) is 9.59 Å².